The summed E-state index contributed by atoms with van der Waals surface area (Å²) in [5, 5.41) is 12.1. The van der Waals surface area contributed by atoms with E-state index in [4.69, 9.17) is 0 Å². The maximum absolute atomic E-state index is 12.4. The molecule has 0 amide bonds. The summed E-state index contributed by atoms with van der Waals surface area (Å²) in [6.45, 7) is 10.1. The van der Waals surface area contributed by atoms with Crippen LogP contribution in [-0.4, -0.2) is 37.8 Å². The van der Waals surface area contributed by atoms with Crippen molar-refractivity contribution in [3.8, 4) is 0 Å². The zero-order chi connectivity index (χ0) is 18.5. The minimum absolute atomic E-state index is 0.0329. The molecule has 0 aliphatic carbocycles. The van der Waals surface area contributed by atoms with Gasteiger partial charge in [0.1, 0.15) is 6.04 Å². The van der Waals surface area contributed by atoms with Crippen molar-refractivity contribution in [2.75, 3.05) is 12.3 Å². The number of benzene rings is 1. The van der Waals surface area contributed by atoms with E-state index in [9.17, 15) is 18.3 Å². The van der Waals surface area contributed by atoms with Crippen molar-refractivity contribution >= 4 is 15.8 Å². The molecule has 1 rings (SSSR count). The molecule has 0 saturated heterocycles. The lowest BCUT2D eigenvalue weighted by molar-refractivity contribution is -0.140. The van der Waals surface area contributed by atoms with Crippen LogP contribution in [0.15, 0.2) is 29.2 Å². The molecule has 0 spiro atoms. The number of carboxylic acid groups (broad SMARTS) is 1. The Bertz CT molecular complexity index is 645. The maximum Gasteiger partial charge on any atom is 0.320 e. The van der Waals surface area contributed by atoms with E-state index in [0.29, 0.717) is 6.42 Å². The molecule has 1 aromatic rings. The molecule has 0 radical (unpaired) electrons. The van der Waals surface area contributed by atoms with Crippen LogP contribution < -0.4 is 5.32 Å². The standard InChI is InChI=1S/C18H29NO4S/c1-6-13(2)16(17(20)21)19-11-12-24(22,23)15-9-7-14(8-10-15)18(3,4)5/h7-10,13,16,19H,6,11-12H2,1-5H3,(H,20,21)/t13-,16-/m0/s1. The molecule has 1 aromatic carbocycles. The Morgan fingerprint density at radius 2 is 1.75 bits per heavy atom. The zero-order valence-electron chi connectivity index (χ0n) is 15.2. The van der Waals surface area contributed by atoms with Gasteiger partial charge in [-0.1, -0.05) is 53.2 Å². The van der Waals surface area contributed by atoms with Crippen LogP contribution in [0.1, 0.15) is 46.6 Å². The first-order chi connectivity index (χ1) is 11.0. The molecular weight excluding hydrogens is 326 g/mol. The summed E-state index contributed by atoms with van der Waals surface area (Å²) < 4.78 is 24.8. The third-order valence-corrected chi connectivity index (χ3v) is 6.03. The molecule has 136 valence electrons. The van der Waals surface area contributed by atoms with Gasteiger partial charge >= 0.3 is 5.97 Å². The Morgan fingerprint density at radius 3 is 2.17 bits per heavy atom. The number of sulfone groups is 1. The first kappa shape index (κ1) is 20.6. The van der Waals surface area contributed by atoms with Crippen LogP contribution in [0.4, 0.5) is 0 Å². The molecule has 0 aliphatic rings. The third-order valence-electron chi connectivity index (χ3n) is 4.29. The van der Waals surface area contributed by atoms with Crippen molar-refractivity contribution in [1.29, 1.82) is 0 Å². The van der Waals surface area contributed by atoms with E-state index in [1.54, 1.807) is 12.1 Å². The molecule has 0 aliphatic heterocycles. The highest BCUT2D eigenvalue weighted by Crippen LogP contribution is 2.23. The molecule has 0 aromatic heterocycles. The van der Waals surface area contributed by atoms with Gasteiger partial charge < -0.3 is 10.4 Å². The van der Waals surface area contributed by atoms with E-state index in [1.165, 1.54) is 0 Å². The molecule has 2 N–H and O–H groups in total. The van der Waals surface area contributed by atoms with Crippen LogP contribution in [-0.2, 0) is 20.0 Å². The van der Waals surface area contributed by atoms with Crippen molar-refractivity contribution in [3.05, 3.63) is 29.8 Å². The summed E-state index contributed by atoms with van der Waals surface area (Å²) in [6, 6.07) is 6.19. The SMILES string of the molecule is CC[C@H](C)[C@H](NCCS(=O)(=O)c1ccc(C(C)(C)C)cc1)C(=O)O. The van der Waals surface area contributed by atoms with Gasteiger partial charge in [0.05, 0.1) is 10.6 Å². The largest absolute Gasteiger partial charge is 0.480 e. The summed E-state index contributed by atoms with van der Waals surface area (Å²) in [7, 11) is -3.43. The lowest BCUT2D eigenvalue weighted by Crippen LogP contribution is -2.43. The first-order valence-electron chi connectivity index (χ1n) is 8.28. The van der Waals surface area contributed by atoms with Crippen molar-refractivity contribution in [1.82, 2.24) is 5.32 Å². The smallest absolute Gasteiger partial charge is 0.320 e. The quantitative estimate of drug-likeness (QED) is 0.749. The number of carboxylic acids is 1. The number of hydrogen-bond donors (Lipinski definition) is 2. The van der Waals surface area contributed by atoms with Gasteiger partial charge in [0, 0.05) is 6.54 Å². The fraction of sp³-hybridized carbons (Fsp3) is 0.611. The maximum atomic E-state index is 12.4. The van der Waals surface area contributed by atoms with Gasteiger partial charge in [-0.15, -0.1) is 0 Å². The summed E-state index contributed by atoms with van der Waals surface area (Å²) in [6.07, 6.45) is 0.713. The topological polar surface area (TPSA) is 83.5 Å². The monoisotopic (exact) mass is 355 g/mol. The van der Waals surface area contributed by atoms with Crippen molar-refractivity contribution in [2.45, 2.75) is 57.4 Å². The Kier molecular flexibility index (Phi) is 6.98. The van der Waals surface area contributed by atoms with E-state index in [2.05, 4.69) is 26.1 Å². The lowest BCUT2D eigenvalue weighted by Gasteiger charge is -2.20. The minimum atomic E-state index is -3.43. The molecule has 0 unspecified atom stereocenters. The number of aliphatic carboxylic acids is 1. The zero-order valence-corrected chi connectivity index (χ0v) is 16.0. The summed E-state index contributed by atoms with van der Waals surface area (Å²) in [5.74, 6) is -1.13. The minimum Gasteiger partial charge on any atom is -0.480 e. The van der Waals surface area contributed by atoms with Crippen LogP contribution in [0.5, 0.6) is 0 Å². The molecule has 0 fully saturated rings. The molecule has 5 nitrogen and oxygen atoms in total. The van der Waals surface area contributed by atoms with Crippen LogP contribution in [0.3, 0.4) is 0 Å². The van der Waals surface area contributed by atoms with Crippen molar-refractivity contribution in [3.63, 3.8) is 0 Å². The Hall–Kier alpha value is -1.40. The molecule has 0 saturated carbocycles. The number of carbonyl (C=O) groups is 1. The lowest BCUT2D eigenvalue weighted by atomic mass is 9.87. The van der Waals surface area contributed by atoms with Gasteiger partial charge in [0.15, 0.2) is 9.84 Å². The van der Waals surface area contributed by atoms with Gasteiger partial charge in [0.2, 0.25) is 0 Å². The molecule has 2 atom stereocenters. The van der Waals surface area contributed by atoms with E-state index < -0.39 is 21.8 Å². The Balaban J connectivity index is 2.75. The van der Waals surface area contributed by atoms with Crippen molar-refractivity contribution < 1.29 is 18.3 Å². The normalized spacial score (nSPS) is 15.0. The second-order valence-corrected chi connectivity index (χ2v) is 9.36. The summed E-state index contributed by atoms with van der Waals surface area (Å²) in [4.78, 5) is 11.5. The molecule has 0 heterocycles. The Morgan fingerprint density at radius 1 is 1.21 bits per heavy atom. The van der Waals surface area contributed by atoms with Crippen LogP contribution in [0.2, 0.25) is 0 Å². The predicted octanol–water partition coefficient (Wildman–Crippen LogP) is 2.85. The van der Waals surface area contributed by atoms with Gasteiger partial charge in [0.25, 0.3) is 0 Å². The van der Waals surface area contributed by atoms with Gasteiger partial charge in [-0.05, 0) is 29.0 Å². The average molecular weight is 356 g/mol. The number of nitrogens with one attached hydrogen (secondary N) is 1. The Labute approximate surface area is 145 Å². The second kappa shape index (κ2) is 8.12. The van der Waals surface area contributed by atoms with Crippen LogP contribution >= 0.6 is 0 Å². The highest BCUT2D eigenvalue weighted by molar-refractivity contribution is 7.91. The number of rotatable bonds is 8. The van der Waals surface area contributed by atoms with Gasteiger partial charge in [-0.2, -0.15) is 0 Å². The highest BCUT2D eigenvalue weighted by Gasteiger charge is 2.24. The highest BCUT2D eigenvalue weighted by atomic mass is 32.2. The van der Waals surface area contributed by atoms with E-state index in [1.807, 2.05) is 26.0 Å². The molecular formula is C18H29NO4S. The number of hydrogen-bond acceptors (Lipinski definition) is 4. The first-order valence-corrected chi connectivity index (χ1v) is 9.93. The van der Waals surface area contributed by atoms with Crippen LogP contribution in [0.25, 0.3) is 0 Å². The van der Waals surface area contributed by atoms with Gasteiger partial charge in [-0.3, -0.25) is 4.79 Å². The summed E-state index contributed by atoms with van der Waals surface area (Å²) >= 11 is 0. The predicted molar refractivity (Wildman–Crippen MR) is 96.1 cm³/mol. The second-order valence-electron chi connectivity index (χ2n) is 7.25. The van der Waals surface area contributed by atoms with E-state index >= 15 is 0 Å². The third kappa shape index (κ3) is 5.60. The fourth-order valence-electron chi connectivity index (χ4n) is 2.40. The molecule has 6 heteroatoms. The van der Waals surface area contributed by atoms with Crippen LogP contribution in [0, 0.1) is 5.92 Å². The van der Waals surface area contributed by atoms with E-state index in [0.717, 1.165) is 5.56 Å². The van der Waals surface area contributed by atoms with Gasteiger partial charge in [-0.25, -0.2) is 8.42 Å². The fourth-order valence-corrected chi connectivity index (χ4v) is 3.57. The molecule has 0 bridgehead atoms. The van der Waals surface area contributed by atoms with Crippen molar-refractivity contribution in [2.24, 2.45) is 5.92 Å². The average Bonchev–Trinajstić information content (AvgIpc) is 2.49. The van der Waals surface area contributed by atoms with E-state index in [-0.39, 0.29) is 28.5 Å². The molecule has 24 heavy (non-hydrogen) atoms. The summed E-state index contributed by atoms with van der Waals surface area (Å²) in [5.41, 5.74) is 1.04.